The van der Waals surface area contributed by atoms with Crippen LogP contribution in [0.25, 0.3) is 0 Å². The van der Waals surface area contributed by atoms with E-state index in [9.17, 15) is 4.79 Å². The zero-order valence-corrected chi connectivity index (χ0v) is 18.7. The second-order valence-corrected chi connectivity index (χ2v) is 5.89. The molecule has 0 spiro atoms. The summed E-state index contributed by atoms with van der Waals surface area (Å²) in [4.78, 5) is 14.9. The van der Waals surface area contributed by atoms with E-state index < -0.39 is 5.91 Å². The van der Waals surface area contributed by atoms with Gasteiger partial charge in [0, 0.05) is 33.4 Å². The second kappa shape index (κ2) is 16.6. The van der Waals surface area contributed by atoms with Crippen LogP contribution in [0.1, 0.15) is 31.7 Å². The van der Waals surface area contributed by atoms with Crippen molar-refractivity contribution in [2.24, 2.45) is 10.7 Å². The minimum absolute atomic E-state index is 0. The van der Waals surface area contributed by atoms with Gasteiger partial charge in [-0.3, -0.25) is 9.79 Å². The average Bonchev–Trinajstić information content (AvgIpc) is 2.65. The first-order chi connectivity index (χ1) is 12.7. The number of benzene rings is 1. The Hall–Kier alpha value is -1.55. The van der Waals surface area contributed by atoms with Crippen molar-refractivity contribution in [2.45, 2.75) is 32.6 Å². The van der Waals surface area contributed by atoms with Gasteiger partial charge in [-0.2, -0.15) is 0 Å². The van der Waals surface area contributed by atoms with Gasteiger partial charge in [-0.1, -0.05) is 25.5 Å². The number of halogens is 1. The Morgan fingerprint density at radius 3 is 2.41 bits per heavy atom. The molecule has 0 atom stereocenters. The summed E-state index contributed by atoms with van der Waals surface area (Å²) >= 11 is 0. The van der Waals surface area contributed by atoms with Crippen LogP contribution in [0.15, 0.2) is 29.3 Å². The maximum Gasteiger partial charge on any atom is 0.255 e. The van der Waals surface area contributed by atoms with Gasteiger partial charge in [0.05, 0.1) is 0 Å². The van der Waals surface area contributed by atoms with Crippen LogP contribution in [-0.2, 0) is 16.0 Å². The fraction of sp³-hybridized carbons (Fsp3) is 0.579. The number of carbonyl (C=O) groups excluding carboxylic acids is 1. The maximum absolute atomic E-state index is 10.7. The van der Waals surface area contributed by atoms with Crippen LogP contribution >= 0.6 is 24.0 Å². The van der Waals surface area contributed by atoms with Gasteiger partial charge < -0.3 is 25.8 Å². The first kappa shape index (κ1) is 25.4. The lowest BCUT2D eigenvalue weighted by atomic mass is 10.1. The molecule has 7 nitrogen and oxygen atoms in total. The van der Waals surface area contributed by atoms with Crippen molar-refractivity contribution in [3.8, 4) is 5.75 Å². The first-order valence-electron chi connectivity index (χ1n) is 9.18. The molecule has 0 aliphatic carbocycles. The molecule has 1 aromatic rings. The fourth-order valence-electron chi connectivity index (χ4n) is 2.18. The van der Waals surface area contributed by atoms with Crippen LogP contribution in [0.3, 0.4) is 0 Å². The first-order valence-corrected chi connectivity index (χ1v) is 9.18. The topological polar surface area (TPSA) is 98.0 Å². The number of nitrogens with zero attached hydrogens (tertiary/aromatic N) is 1. The lowest BCUT2D eigenvalue weighted by Gasteiger charge is -2.12. The molecule has 154 valence electrons. The van der Waals surface area contributed by atoms with E-state index in [-0.39, 0.29) is 30.6 Å². The molecule has 0 unspecified atom stereocenters. The Kier molecular flexibility index (Phi) is 15.7. The molecule has 0 saturated heterocycles. The number of hydrogen-bond acceptors (Lipinski definition) is 4. The van der Waals surface area contributed by atoms with Gasteiger partial charge in [0.15, 0.2) is 12.6 Å². The van der Waals surface area contributed by atoms with Gasteiger partial charge in [0.1, 0.15) is 5.75 Å². The number of primary amides is 1. The minimum atomic E-state index is -0.482. The highest BCUT2D eigenvalue weighted by Crippen LogP contribution is 2.12. The monoisotopic (exact) mass is 492 g/mol. The van der Waals surface area contributed by atoms with Crippen LogP contribution < -0.4 is 21.1 Å². The SMILES string of the molecule is CCCCOCCCNC(=NC)NCCc1ccc(OCC(N)=O)cc1.I. The van der Waals surface area contributed by atoms with Crippen LogP contribution in [0.5, 0.6) is 5.75 Å². The Balaban J connectivity index is 0.00000676. The molecule has 0 aromatic heterocycles. The van der Waals surface area contributed by atoms with E-state index in [4.69, 9.17) is 15.2 Å². The predicted octanol–water partition coefficient (Wildman–Crippen LogP) is 2.08. The highest BCUT2D eigenvalue weighted by molar-refractivity contribution is 14.0. The fourth-order valence-corrected chi connectivity index (χ4v) is 2.18. The van der Waals surface area contributed by atoms with Crippen molar-refractivity contribution < 1.29 is 14.3 Å². The number of nitrogens with one attached hydrogen (secondary N) is 2. The highest BCUT2D eigenvalue weighted by Gasteiger charge is 2.00. The molecule has 1 amide bonds. The van der Waals surface area contributed by atoms with E-state index in [1.165, 1.54) is 5.56 Å². The van der Waals surface area contributed by atoms with Gasteiger partial charge in [0.25, 0.3) is 5.91 Å². The Morgan fingerprint density at radius 1 is 1.11 bits per heavy atom. The molecule has 0 aliphatic rings. The summed E-state index contributed by atoms with van der Waals surface area (Å²) in [7, 11) is 1.76. The lowest BCUT2D eigenvalue weighted by Crippen LogP contribution is -2.39. The van der Waals surface area contributed by atoms with Crippen molar-refractivity contribution in [1.29, 1.82) is 0 Å². The average molecular weight is 492 g/mol. The quantitative estimate of drug-likeness (QED) is 0.170. The van der Waals surface area contributed by atoms with Gasteiger partial charge in [-0.05, 0) is 37.0 Å². The van der Waals surface area contributed by atoms with E-state index in [1.54, 1.807) is 7.05 Å². The number of unbranched alkanes of at least 4 members (excludes halogenated alkanes) is 1. The molecular weight excluding hydrogens is 459 g/mol. The lowest BCUT2D eigenvalue weighted by molar-refractivity contribution is -0.119. The third-order valence-electron chi connectivity index (χ3n) is 3.63. The van der Waals surface area contributed by atoms with E-state index in [0.29, 0.717) is 5.75 Å². The van der Waals surface area contributed by atoms with Gasteiger partial charge in [-0.15, -0.1) is 24.0 Å². The van der Waals surface area contributed by atoms with Gasteiger partial charge in [0.2, 0.25) is 0 Å². The largest absolute Gasteiger partial charge is 0.484 e. The van der Waals surface area contributed by atoms with Gasteiger partial charge in [-0.25, -0.2) is 0 Å². The van der Waals surface area contributed by atoms with Crippen LogP contribution in [0.4, 0.5) is 0 Å². The minimum Gasteiger partial charge on any atom is -0.484 e. The van der Waals surface area contributed by atoms with Crippen LogP contribution in [0.2, 0.25) is 0 Å². The number of ether oxygens (including phenoxy) is 2. The molecule has 0 aliphatic heterocycles. The molecule has 1 aromatic carbocycles. The maximum atomic E-state index is 10.7. The number of hydrogen-bond donors (Lipinski definition) is 3. The summed E-state index contributed by atoms with van der Waals surface area (Å²) in [5.41, 5.74) is 6.22. The summed E-state index contributed by atoms with van der Waals surface area (Å²) in [6.45, 7) is 5.27. The number of guanidine groups is 1. The third-order valence-corrected chi connectivity index (χ3v) is 3.63. The molecule has 0 bridgehead atoms. The number of amides is 1. The van der Waals surface area contributed by atoms with E-state index in [0.717, 1.165) is 57.9 Å². The zero-order valence-electron chi connectivity index (χ0n) is 16.3. The molecule has 27 heavy (non-hydrogen) atoms. The standard InChI is InChI=1S/C19H32N4O3.HI/c1-3-4-13-25-14-5-11-22-19(21-2)23-12-10-16-6-8-17(9-7-16)26-15-18(20)24;/h6-9H,3-5,10-15H2,1-2H3,(H2,20,24)(H2,21,22,23);1H. The van der Waals surface area contributed by atoms with Crippen molar-refractivity contribution in [3.63, 3.8) is 0 Å². The predicted molar refractivity (Wildman–Crippen MR) is 120 cm³/mol. The van der Waals surface area contributed by atoms with Crippen LogP contribution in [-0.4, -0.2) is 51.8 Å². The normalized spacial score (nSPS) is 10.8. The number of aliphatic imine (C=N–C) groups is 1. The molecular formula is C19H33IN4O3. The number of carbonyl (C=O) groups is 1. The Morgan fingerprint density at radius 2 is 1.78 bits per heavy atom. The van der Waals surface area contributed by atoms with E-state index in [2.05, 4.69) is 22.5 Å². The summed E-state index contributed by atoms with van der Waals surface area (Å²) in [5.74, 6) is 0.948. The third kappa shape index (κ3) is 13.3. The molecule has 8 heteroatoms. The van der Waals surface area contributed by atoms with E-state index >= 15 is 0 Å². The van der Waals surface area contributed by atoms with Crippen molar-refractivity contribution >= 4 is 35.8 Å². The number of rotatable bonds is 13. The molecule has 0 fully saturated rings. The number of nitrogens with two attached hydrogens (primary N) is 1. The van der Waals surface area contributed by atoms with Crippen LogP contribution in [0, 0.1) is 0 Å². The smallest absolute Gasteiger partial charge is 0.255 e. The molecule has 0 saturated carbocycles. The summed E-state index contributed by atoms with van der Waals surface area (Å²) in [5, 5.41) is 6.57. The van der Waals surface area contributed by atoms with Crippen molar-refractivity contribution in [2.75, 3.05) is 40.0 Å². The molecule has 4 N–H and O–H groups in total. The Bertz CT molecular complexity index is 538. The zero-order chi connectivity index (χ0) is 19.0. The summed E-state index contributed by atoms with van der Waals surface area (Å²) in [6, 6.07) is 7.62. The summed E-state index contributed by atoms with van der Waals surface area (Å²) < 4.78 is 10.8. The summed E-state index contributed by atoms with van der Waals surface area (Å²) in [6.07, 6.45) is 4.10. The molecule has 1 rings (SSSR count). The van der Waals surface area contributed by atoms with E-state index in [1.807, 2.05) is 24.3 Å². The van der Waals surface area contributed by atoms with Crippen molar-refractivity contribution in [1.82, 2.24) is 10.6 Å². The second-order valence-electron chi connectivity index (χ2n) is 5.89. The highest BCUT2D eigenvalue weighted by atomic mass is 127. The van der Waals surface area contributed by atoms with Crippen molar-refractivity contribution in [3.05, 3.63) is 29.8 Å². The molecule has 0 radical (unpaired) electrons. The Labute approximate surface area is 179 Å². The van der Waals surface area contributed by atoms with Gasteiger partial charge >= 0.3 is 0 Å². The molecule has 0 heterocycles.